The predicted octanol–water partition coefficient (Wildman–Crippen LogP) is 4.70. The molecule has 3 heterocycles. The molecule has 1 aliphatic heterocycles. The topological polar surface area (TPSA) is 107 Å². The number of imidazole rings is 1. The Hall–Kier alpha value is -3.18. The Morgan fingerprint density at radius 3 is 2.76 bits per heavy atom. The van der Waals surface area contributed by atoms with E-state index in [2.05, 4.69) is 30.5 Å². The molecule has 0 amide bonds. The molecule has 11 heteroatoms. The Labute approximate surface area is 208 Å². The van der Waals surface area contributed by atoms with Gasteiger partial charge in [0, 0.05) is 15.9 Å². The van der Waals surface area contributed by atoms with E-state index in [0.717, 1.165) is 32.3 Å². The molecule has 0 aliphatic carbocycles. The van der Waals surface area contributed by atoms with Gasteiger partial charge in [-0.05, 0) is 59.1 Å². The molecule has 0 atom stereocenters. The summed E-state index contributed by atoms with van der Waals surface area (Å²) in [7, 11) is 1.64. The molecule has 2 N–H and O–H groups in total. The van der Waals surface area contributed by atoms with Crippen LogP contribution >= 0.6 is 27.7 Å². The van der Waals surface area contributed by atoms with E-state index >= 15 is 0 Å². The number of methoxy groups -OCH3 is 1. The number of nitrogens with two attached hydrogens (primary N) is 1. The van der Waals surface area contributed by atoms with Crippen molar-refractivity contribution in [1.29, 1.82) is 0 Å². The zero-order chi connectivity index (χ0) is 23.7. The molecular weight excluding hydrogens is 522 g/mol. The lowest BCUT2D eigenvalue weighted by Crippen LogP contribution is -2.05. The summed E-state index contributed by atoms with van der Waals surface area (Å²) in [6.07, 6.45) is 2.19. The molecule has 4 aromatic rings. The highest BCUT2D eigenvalue weighted by atomic mass is 79.9. The third-order valence-corrected chi connectivity index (χ3v) is 7.28. The van der Waals surface area contributed by atoms with E-state index < -0.39 is 0 Å². The maximum atomic E-state index is 6.12. The monoisotopic (exact) mass is 543 g/mol. The van der Waals surface area contributed by atoms with E-state index in [0.29, 0.717) is 47.4 Å². The molecule has 0 unspecified atom stereocenters. The van der Waals surface area contributed by atoms with Gasteiger partial charge in [0.1, 0.15) is 6.33 Å². The number of halogens is 1. The van der Waals surface area contributed by atoms with E-state index in [1.165, 1.54) is 18.1 Å². The van der Waals surface area contributed by atoms with Crippen LogP contribution in [0, 0.1) is 0 Å². The molecule has 1 aliphatic rings. The quantitative estimate of drug-likeness (QED) is 0.338. The van der Waals surface area contributed by atoms with Crippen LogP contribution in [-0.2, 0) is 13.0 Å². The van der Waals surface area contributed by atoms with Crippen molar-refractivity contribution in [3.05, 3.63) is 46.7 Å². The van der Waals surface area contributed by atoms with Crippen molar-refractivity contribution in [1.82, 2.24) is 19.5 Å². The first-order valence-corrected chi connectivity index (χ1v) is 12.2. The van der Waals surface area contributed by atoms with Crippen molar-refractivity contribution in [2.75, 3.05) is 26.2 Å². The van der Waals surface area contributed by atoms with Crippen LogP contribution in [0.4, 0.5) is 5.82 Å². The fourth-order valence-electron chi connectivity index (χ4n) is 3.67. The van der Waals surface area contributed by atoms with Gasteiger partial charge in [0.25, 0.3) is 0 Å². The van der Waals surface area contributed by atoms with Crippen LogP contribution in [-0.4, -0.2) is 40.0 Å². The fourth-order valence-corrected chi connectivity index (χ4v) is 5.18. The summed E-state index contributed by atoms with van der Waals surface area (Å²) in [5, 5.41) is 0.750. The Bertz CT molecular complexity index is 1360. The lowest BCUT2D eigenvalue weighted by molar-refractivity contribution is 0.174. The number of fused-ring (bicyclic) bond motifs is 2. The largest absolute Gasteiger partial charge is 0.493 e. The zero-order valence-corrected chi connectivity index (χ0v) is 21.0. The van der Waals surface area contributed by atoms with Gasteiger partial charge in [-0.25, -0.2) is 15.0 Å². The second-order valence-corrected chi connectivity index (χ2v) is 9.25. The summed E-state index contributed by atoms with van der Waals surface area (Å²) in [5.74, 6) is 3.20. The van der Waals surface area contributed by atoms with Gasteiger partial charge in [-0.3, -0.25) is 0 Å². The molecule has 0 saturated heterocycles. The van der Waals surface area contributed by atoms with Crippen molar-refractivity contribution >= 4 is 44.7 Å². The highest BCUT2D eigenvalue weighted by Crippen LogP contribution is 2.43. The molecule has 0 radical (unpaired) electrons. The molecule has 0 bridgehead atoms. The second kappa shape index (κ2) is 9.59. The molecule has 2 aromatic heterocycles. The van der Waals surface area contributed by atoms with E-state index in [1.54, 1.807) is 7.11 Å². The maximum Gasteiger partial charge on any atom is 0.231 e. The summed E-state index contributed by atoms with van der Waals surface area (Å²) in [6.45, 7) is 3.36. The number of hydrogen-bond donors (Lipinski definition) is 1. The van der Waals surface area contributed by atoms with Gasteiger partial charge >= 0.3 is 0 Å². The third kappa shape index (κ3) is 4.32. The van der Waals surface area contributed by atoms with Crippen molar-refractivity contribution in [3.63, 3.8) is 0 Å². The standard InChI is InChI=1S/C23H22BrN5O4S/c1-3-31-16-8-13(4-5-15(16)30-2)6-7-29-22-20(21(25)26-11-27-22)28-23(29)34-19-10-18-17(9-14(19)24)32-12-33-18/h4-5,8-11H,3,6-7,12H2,1-2H3,(H2,25,26,27). The number of rotatable bonds is 8. The minimum absolute atomic E-state index is 0.214. The van der Waals surface area contributed by atoms with Crippen molar-refractivity contribution in [2.45, 2.75) is 29.9 Å². The van der Waals surface area contributed by atoms with E-state index in [9.17, 15) is 0 Å². The number of nitrogen functional groups attached to an aromatic ring is 1. The lowest BCUT2D eigenvalue weighted by Gasteiger charge is -2.13. The number of aryl methyl sites for hydroxylation is 2. The average molecular weight is 544 g/mol. The number of benzene rings is 2. The smallest absolute Gasteiger partial charge is 0.231 e. The second-order valence-electron chi connectivity index (χ2n) is 7.38. The van der Waals surface area contributed by atoms with Crippen LogP contribution in [0.1, 0.15) is 12.5 Å². The summed E-state index contributed by atoms with van der Waals surface area (Å²) in [4.78, 5) is 14.3. The highest BCUT2D eigenvalue weighted by molar-refractivity contribution is 9.10. The molecule has 9 nitrogen and oxygen atoms in total. The molecule has 0 fully saturated rings. The zero-order valence-electron chi connectivity index (χ0n) is 18.6. The Kier molecular flexibility index (Phi) is 6.38. The SMILES string of the molecule is CCOc1cc(CCn2c(Sc3cc4c(cc3Br)OCO4)nc3c(N)ncnc32)ccc1OC. The highest BCUT2D eigenvalue weighted by Gasteiger charge is 2.21. The number of ether oxygens (including phenoxy) is 4. The van der Waals surface area contributed by atoms with Gasteiger partial charge in [-0.1, -0.05) is 17.8 Å². The summed E-state index contributed by atoms with van der Waals surface area (Å²) in [5.41, 5.74) is 8.48. The van der Waals surface area contributed by atoms with Crippen LogP contribution in [0.15, 0.2) is 51.2 Å². The Morgan fingerprint density at radius 2 is 1.97 bits per heavy atom. The molecule has 2 aromatic carbocycles. The van der Waals surface area contributed by atoms with E-state index in [1.807, 2.05) is 37.3 Å². The Morgan fingerprint density at radius 1 is 1.15 bits per heavy atom. The summed E-state index contributed by atoms with van der Waals surface area (Å²) in [6, 6.07) is 9.80. The molecule has 5 rings (SSSR count). The number of nitrogens with zero attached hydrogens (tertiary/aromatic N) is 4. The minimum atomic E-state index is 0.214. The van der Waals surface area contributed by atoms with Gasteiger partial charge in [-0.2, -0.15) is 0 Å². The lowest BCUT2D eigenvalue weighted by atomic mass is 10.1. The van der Waals surface area contributed by atoms with Crippen LogP contribution in [0.5, 0.6) is 23.0 Å². The predicted molar refractivity (Wildman–Crippen MR) is 132 cm³/mol. The first-order valence-electron chi connectivity index (χ1n) is 10.6. The van der Waals surface area contributed by atoms with E-state index in [4.69, 9.17) is 29.7 Å². The molecule has 0 spiro atoms. The number of aromatic nitrogens is 4. The molecule has 0 saturated carbocycles. The normalized spacial score (nSPS) is 12.3. The van der Waals surface area contributed by atoms with Crippen molar-refractivity contribution < 1.29 is 18.9 Å². The first kappa shape index (κ1) is 22.6. The number of anilines is 1. The van der Waals surface area contributed by atoms with Crippen LogP contribution in [0.3, 0.4) is 0 Å². The van der Waals surface area contributed by atoms with Crippen molar-refractivity contribution in [3.8, 4) is 23.0 Å². The van der Waals surface area contributed by atoms with Crippen molar-refractivity contribution in [2.24, 2.45) is 0 Å². The molecular formula is C23H22BrN5O4S. The first-order chi connectivity index (χ1) is 16.6. The molecule has 176 valence electrons. The van der Waals surface area contributed by atoms with Crippen LogP contribution in [0.25, 0.3) is 11.2 Å². The number of hydrogen-bond acceptors (Lipinski definition) is 9. The average Bonchev–Trinajstić information content (AvgIpc) is 3.43. The Balaban J connectivity index is 1.48. The van der Waals surface area contributed by atoms with Gasteiger partial charge in [-0.15, -0.1) is 0 Å². The van der Waals surface area contributed by atoms with Gasteiger partial charge in [0.2, 0.25) is 6.79 Å². The summed E-state index contributed by atoms with van der Waals surface area (Å²) >= 11 is 5.13. The third-order valence-electron chi connectivity index (χ3n) is 5.31. The maximum absolute atomic E-state index is 6.12. The fraction of sp³-hybridized carbons (Fsp3) is 0.261. The van der Waals surface area contributed by atoms with Gasteiger partial charge < -0.3 is 29.2 Å². The van der Waals surface area contributed by atoms with Crippen LogP contribution in [0.2, 0.25) is 0 Å². The van der Waals surface area contributed by atoms with E-state index in [-0.39, 0.29) is 6.79 Å². The van der Waals surface area contributed by atoms with Crippen LogP contribution < -0.4 is 24.7 Å². The van der Waals surface area contributed by atoms with Gasteiger partial charge in [0.15, 0.2) is 45.1 Å². The minimum Gasteiger partial charge on any atom is -0.493 e. The molecule has 34 heavy (non-hydrogen) atoms. The van der Waals surface area contributed by atoms with Gasteiger partial charge in [0.05, 0.1) is 13.7 Å². The summed E-state index contributed by atoms with van der Waals surface area (Å²) < 4.78 is 25.1.